The second kappa shape index (κ2) is 7.33. The number of benzene rings is 1. The van der Waals surface area contributed by atoms with Crippen LogP contribution in [0, 0.1) is 5.92 Å². The average molecular weight is 386 g/mol. The van der Waals surface area contributed by atoms with E-state index in [2.05, 4.69) is 16.0 Å². The lowest BCUT2D eigenvalue weighted by Crippen LogP contribution is -2.54. The molecule has 0 spiro atoms. The number of fused-ring (bicyclic) bond motifs is 1. The predicted octanol–water partition coefficient (Wildman–Crippen LogP) is -0.530. The molecular formula is C19H22N4O5. The van der Waals surface area contributed by atoms with Gasteiger partial charge >= 0.3 is 0 Å². The minimum atomic E-state index is -0.970. The fraction of sp³-hybridized carbons (Fsp3) is 0.474. The van der Waals surface area contributed by atoms with E-state index in [1.807, 2.05) is 0 Å². The summed E-state index contributed by atoms with van der Waals surface area (Å²) in [6.07, 6.45) is 1.07. The van der Waals surface area contributed by atoms with E-state index in [-0.39, 0.29) is 42.5 Å². The molecule has 3 unspecified atom stereocenters. The molecular weight excluding hydrogens is 364 g/mol. The van der Waals surface area contributed by atoms with Crippen LogP contribution in [0.4, 0.5) is 5.69 Å². The van der Waals surface area contributed by atoms with Crippen molar-refractivity contribution in [3.05, 3.63) is 29.3 Å². The topological polar surface area (TPSA) is 128 Å². The number of amides is 4. The highest BCUT2D eigenvalue weighted by molar-refractivity contribution is 6.23. The highest BCUT2D eigenvalue weighted by atomic mass is 16.3. The maximum absolute atomic E-state index is 12.9. The molecule has 9 heteroatoms. The van der Waals surface area contributed by atoms with E-state index < -0.39 is 29.7 Å². The van der Waals surface area contributed by atoms with Crippen LogP contribution in [0.25, 0.3) is 0 Å². The van der Waals surface area contributed by atoms with Gasteiger partial charge in [0.15, 0.2) is 0 Å². The van der Waals surface area contributed by atoms with E-state index in [9.17, 15) is 24.3 Å². The van der Waals surface area contributed by atoms with Gasteiger partial charge in [-0.15, -0.1) is 0 Å². The number of anilines is 1. The molecule has 1 aromatic rings. The Hall–Kier alpha value is -2.78. The average Bonchev–Trinajstić information content (AvgIpc) is 2.93. The van der Waals surface area contributed by atoms with Crippen molar-refractivity contribution in [2.75, 3.05) is 25.0 Å². The smallest absolute Gasteiger partial charge is 0.262 e. The molecule has 0 bridgehead atoms. The van der Waals surface area contributed by atoms with Gasteiger partial charge in [0.25, 0.3) is 11.8 Å². The quantitative estimate of drug-likeness (QED) is 0.512. The largest absolute Gasteiger partial charge is 0.396 e. The van der Waals surface area contributed by atoms with Crippen molar-refractivity contribution in [3.63, 3.8) is 0 Å². The third kappa shape index (κ3) is 3.16. The SMILES string of the molecule is O=C1CCC(N2C(=O)c3ccc(NC4CNCCC4CO)cc3C2=O)C(=O)N1. The van der Waals surface area contributed by atoms with Crippen molar-refractivity contribution in [3.8, 4) is 0 Å². The summed E-state index contributed by atoms with van der Waals surface area (Å²) in [4.78, 5) is 50.0. The van der Waals surface area contributed by atoms with Crippen LogP contribution < -0.4 is 16.0 Å². The Kier molecular flexibility index (Phi) is 4.86. The fourth-order valence-corrected chi connectivity index (χ4v) is 4.08. The zero-order chi connectivity index (χ0) is 19.8. The van der Waals surface area contributed by atoms with E-state index in [0.717, 1.165) is 17.9 Å². The van der Waals surface area contributed by atoms with Crippen LogP contribution in [-0.4, -0.2) is 65.4 Å². The Balaban J connectivity index is 1.55. The number of carbonyl (C=O) groups is 4. The lowest BCUT2D eigenvalue weighted by molar-refractivity contribution is -0.136. The number of nitrogens with zero attached hydrogens (tertiary/aromatic N) is 1. The Morgan fingerprint density at radius 2 is 1.89 bits per heavy atom. The molecule has 148 valence electrons. The Labute approximate surface area is 161 Å². The molecule has 2 saturated heterocycles. The zero-order valence-corrected chi connectivity index (χ0v) is 15.2. The third-order valence-electron chi connectivity index (χ3n) is 5.65. The first kappa shape index (κ1) is 18.6. The molecule has 3 atom stereocenters. The summed E-state index contributed by atoms with van der Waals surface area (Å²) >= 11 is 0. The predicted molar refractivity (Wildman–Crippen MR) is 98.6 cm³/mol. The summed E-state index contributed by atoms with van der Waals surface area (Å²) in [7, 11) is 0. The number of hydrogen-bond acceptors (Lipinski definition) is 7. The van der Waals surface area contributed by atoms with Crippen LogP contribution in [0.15, 0.2) is 18.2 Å². The van der Waals surface area contributed by atoms with Gasteiger partial charge in [-0.1, -0.05) is 0 Å². The summed E-state index contributed by atoms with van der Waals surface area (Å²) in [5.74, 6) is -1.97. The van der Waals surface area contributed by atoms with Crippen molar-refractivity contribution >= 4 is 29.3 Å². The van der Waals surface area contributed by atoms with Crippen molar-refractivity contribution in [1.82, 2.24) is 15.5 Å². The molecule has 4 amide bonds. The number of aliphatic hydroxyl groups excluding tert-OH is 1. The van der Waals surface area contributed by atoms with Crippen LogP contribution in [0.2, 0.25) is 0 Å². The minimum absolute atomic E-state index is 0.00949. The van der Waals surface area contributed by atoms with E-state index in [0.29, 0.717) is 12.2 Å². The van der Waals surface area contributed by atoms with E-state index in [4.69, 9.17) is 0 Å². The fourth-order valence-electron chi connectivity index (χ4n) is 4.08. The number of imide groups is 2. The summed E-state index contributed by atoms with van der Waals surface area (Å²) < 4.78 is 0. The summed E-state index contributed by atoms with van der Waals surface area (Å²) in [5.41, 5.74) is 1.17. The summed E-state index contributed by atoms with van der Waals surface area (Å²) in [6.45, 7) is 1.62. The third-order valence-corrected chi connectivity index (χ3v) is 5.65. The van der Waals surface area contributed by atoms with Crippen LogP contribution in [0.5, 0.6) is 0 Å². The van der Waals surface area contributed by atoms with Gasteiger partial charge in [0, 0.05) is 37.2 Å². The monoisotopic (exact) mass is 386 g/mol. The molecule has 0 aromatic heterocycles. The van der Waals surface area contributed by atoms with E-state index in [1.165, 1.54) is 0 Å². The normalized spacial score (nSPS) is 27.6. The first-order valence-corrected chi connectivity index (χ1v) is 9.43. The number of carbonyl (C=O) groups excluding carboxylic acids is 4. The maximum Gasteiger partial charge on any atom is 0.262 e. The Morgan fingerprint density at radius 3 is 2.64 bits per heavy atom. The van der Waals surface area contributed by atoms with Gasteiger partial charge in [-0.05, 0) is 37.6 Å². The molecule has 1 aromatic carbocycles. The van der Waals surface area contributed by atoms with Crippen molar-refractivity contribution in [1.29, 1.82) is 0 Å². The van der Waals surface area contributed by atoms with Crippen molar-refractivity contribution in [2.24, 2.45) is 5.92 Å². The van der Waals surface area contributed by atoms with E-state index in [1.54, 1.807) is 18.2 Å². The van der Waals surface area contributed by atoms with Gasteiger partial charge < -0.3 is 15.7 Å². The highest BCUT2D eigenvalue weighted by Gasteiger charge is 2.44. The highest BCUT2D eigenvalue weighted by Crippen LogP contribution is 2.30. The number of piperidine rings is 2. The lowest BCUT2D eigenvalue weighted by Gasteiger charge is -2.32. The second-order valence-electron chi connectivity index (χ2n) is 7.39. The van der Waals surface area contributed by atoms with Gasteiger partial charge in [-0.25, -0.2) is 0 Å². The van der Waals surface area contributed by atoms with Crippen LogP contribution >= 0.6 is 0 Å². The van der Waals surface area contributed by atoms with Crippen molar-refractivity contribution < 1.29 is 24.3 Å². The van der Waals surface area contributed by atoms with Crippen LogP contribution in [0.3, 0.4) is 0 Å². The maximum atomic E-state index is 12.9. The molecule has 3 aliphatic heterocycles. The van der Waals surface area contributed by atoms with Gasteiger partial charge in [0.05, 0.1) is 11.1 Å². The molecule has 3 heterocycles. The Morgan fingerprint density at radius 1 is 1.11 bits per heavy atom. The molecule has 0 aliphatic carbocycles. The molecule has 4 N–H and O–H groups in total. The lowest BCUT2D eigenvalue weighted by atomic mass is 9.93. The molecule has 3 aliphatic rings. The summed E-state index contributed by atoms with van der Waals surface area (Å²) in [6, 6.07) is 3.96. The van der Waals surface area contributed by atoms with Crippen LogP contribution in [-0.2, 0) is 9.59 Å². The van der Waals surface area contributed by atoms with Gasteiger partial charge in [0.2, 0.25) is 11.8 Å². The molecule has 9 nitrogen and oxygen atoms in total. The number of aliphatic hydroxyl groups is 1. The van der Waals surface area contributed by atoms with Gasteiger partial charge in [-0.2, -0.15) is 0 Å². The second-order valence-corrected chi connectivity index (χ2v) is 7.39. The first-order valence-electron chi connectivity index (χ1n) is 9.43. The number of rotatable bonds is 4. The molecule has 4 rings (SSSR count). The standard InChI is InChI=1S/C19H22N4O5/c24-9-10-5-6-20-8-14(10)21-11-1-2-12-13(7-11)19(28)23(18(12)27)15-3-4-16(25)22-17(15)26/h1-2,7,10,14-15,20-21,24H,3-6,8-9H2,(H,22,25,26). The van der Waals surface area contributed by atoms with E-state index >= 15 is 0 Å². The molecule has 28 heavy (non-hydrogen) atoms. The molecule has 0 saturated carbocycles. The van der Waals surface area contributed by atoms with Crippen molar-refractivity contribution in [2.45, 2.75) is 31.3 Å². The summed E-state index contributed by atoms with van der Waals surface area (Å²) in [5, 5.41) is 18.3. The van der Waals surface area contributed by atoms with Crippen LogP contribution in [0.1, 0.15) is 40.0 Å². The first-order chi connectivity index (χ1) is 13.5. The minimum Gasteiger partial charge on any atom is -0.396 e. The van der Waals surface area contributed by atoms with Gasteiger partial charge in [-0.3, -0.25) is 29.4 Å². The molecule has 0 radical (unpaired) electrons. The molecule has 2 fully saturated rings. The zero-order valence-electron chi connectivity index (χ0n) is 15.2. The Bertz CT molecular complexity index is 855. The number of nitrogens with one attached hydrogen (secondary N) is 3. The van der Waals surface area contributed by atoms with Gasteiger partial charge in [0.1, 0.15) is 6.04 Å². The number of hydrogen-bond donors (Lipinski definition) is 4.